The monoisotopic (exact) mass is 311 g/mol. The van der Waals surface area contributed by atoms with Gasteiger partial charge in [-0.2, -0.15) is 0 Å². The second kappa shape index (κ2) is 9.48. The van der Waals surface area contributed by atoms with E-state index >= 15 is 0 Å². The summed E-state index contributed by atoms with van der Waals surface area (Å²) in [5, 5.41) is 3.77. The molecule has 2 rings (SSSR count). The average Bonchev–Trinajstić information content (AvgIpc) is 2.54. The van der Waals surface area contributed by atoms with Crippen molar-refractivity contribution in [1.29, 1.82) is 0 Å². The number of carbonyl (C=O) groups excluding carboxylic acids is 1. The van der Waals surface area contributed by atoms with Crippen LogP contribution in [0, 0.1) is 11.8 Å². The van der Waals surface area contributed by atoms with Crippen LogP contribution in [0.4, 0.5) is 0 Å². The molecule has 1 aliphatic heterocycles. The Morgan fingerprint density at radius 3 is 2.68 bits per heavy atom. The third kappa shape index (κ3) is 5.86. The smallest absolute Gasteiger partial charge is 0.305 e. The highest BCUT2D eigenvalue weighted by molar-refractivity contribution is 5.69. The molecule has 1 aliphatic carbocycles. The summed E-state index contributed by atoms with van der Waals surface area (Å²) < 4.78 is 4.84. The molecule has 0 bridgehead atoms. The Balaban J connectivity index is 1.80. The summed E-state index contributed by atoms with van der Waals surface area (Å²) in [5.41, 5.74) is 5.71. The molecule has 0 aromatic heterocycles. The minimum atomic E-state index is -0.0920. The van der Waals surface area contributed by atoms with Gasteiger partial charge in [-0.1, -0.05) is 19.3 Å². The van der Waals surface area contributed by atoms with Crippen LogP contribution in [0.15, 0.2) is 0 Å². The second-order valence-electron chi connectivity index (χ2n) is 7.04. The van der Waals surface area contributed by atoms with Crippen molar-refractivity contribution in [2.24, 2.45) is 17.6 Å². The van der Waals surface area contributed by atoms with Crippen molar-refractivity contribution in [1.82, 2.24) is 10.2 Å². The van der Waals surface area contributed by atoms with E-state index in [0.717, 1.165) is 38.5 Å². The van der Waals surface area contributed by atoms with E-state index in [1.807, 2.05) is 0 Å². The molecule has 0 aromatic rings. The summed E-state index contributed by atoms with van der Waals surface area (Å²) in [6.07, 6.45) is 8.53. The van der Waals surface area contributed by atoms with Crippen LogP contribution in [0.1, 0.15) is 44.9 Å². The number of esters is 1. The molecule has 22 heavy (non-hydrogen) atoms. The second-order valence-corrected chi connectivity index (χ2v) is 7.04. The summed E-state index contributed by atoms with van der Waals surface area (Å²) in [6.45, 7) is 4.75. The first-order chi connectivity index (χ1) is 10.7. The zero-order valence-corrected chi connectivity index (χ0v) is 14.1. The Hall–Kier alpha value is -0.650. The van der Waals surface area contributed by atoms with Gasteiger partial charge in [-0.15, -0.1) is 0 Å². The third-order valence-electron chi connectivity index (χ3n) is 5.16. The van der Waals surface area contributed by atoms with Crippen LogP contribution in [0.2, 0.25) is 0 Å². The zero-order chi connectivity index (χ0) is 15.8. The fourth-order valence-corrected chi connectivity index (χ4v) is 4.01. The van der Waals surface area contributed by atoms with Crippen molar-refractivity contribution in [2.75, 3.05) is 39.8 Å². The number of rotatable bonds is 7. The number of carbonyl (C=O) groups is 1. The van der Waals surface area contributed by atoms with Crippen molar-refractivity contribution in [3.05, 3.63) is 0 Å². The lowest BCUT2D eigenvalue weighted by Crippen LogP contribution is -2.51. The molecule has 0 amide bonds. The molecule has 1 heterocycles. The highest BCUT2D eigenvalue weighted by Crippen LogP contribution is 2.24. The lowest BCUT2D eigenvalue weighted by Gasteiger charge is -2.38. The number of hydrogen-bond donors (Lipinski definition) is 2. The summed E-state index contributed by atoms with van der Waals surface area (Å²) in [4.78, 5) is 14.0. The molecule has 2 atom stereocenters. The van der Waals surface area contributed by atoms with E-state index in [4.69, 9.17) is 10.5 Å². The van der Waals surface area contributed by atoms with E-state index in [0.29, 0.717) is 24.9 Å². The van der Waals surface area contributed by atoms with E-state index in [9.17, 15) is 4.79 Å². The molecule has 0 aromatic carbocycles. The summed E-state index contributed by atoms with van der Waals surface area (Å²) >= 11 is 0. The predicted octanol–water partition coefficient (Wildman–Crippen LogP) is 1.37. The van der Waals surface area contributed by atoms with Crippen LogP contribution in [0.25, 0.3) is 0 Å². The standard InChI is InChI=1S/C17H33N3O2/c1-22-17(21)10-15-9-16(13-20(12-15)8-7-18)19-11-14-5-3-2-4-6-14/h14-16,19H,2-13,18H2,1H3. The average molecular weight is 311 g/mol. The summed E-state index contributed by atoms with van der Waals surface area (Å²) in [5.74, 6) is 1.14. The highest BCUT2D eigenvalue weighted by Gasteiger charge is 2.29. The Morgan fingerprint density at radius 2 is 2.00 bits per heavy atom. The minimum Gasteiger partial charge on any atom is -0.469 e. The van der Waals surface area contributed by atoms with Gasteiger partial charge in [0.05, 0.1) is 7.11 Å². The number of ether oxygens (including phenoxy) is 1. The third-order valence-corrected chi connectivity index (χ3v) is 5.16. The predicted molar refractivity (Wildman–Crippen MR) is 88.6 cm³/mol. The van der Waals surface area contributed by atoms with Crippen LogP contribution in [0.3, 0.4) is 0 Å². The van der Waals surface area contributed by atoms with Crippen LogP contribution >= 0.6 is 0 Å². The normalized spacial score (nSPS) is 27.7. The lowest BCUT2D eigenvalue weighted by atomic mass is 9.88. The molecule has 2 aliphatic rings. The van der Waals surface area contributed by atoms with Gasteiger partial charge < -0.3 is 20.7 Å². The molecule has 5 heteroatoms. The summed E-state index contributed by atoms with van der Waals surface area (Å²) in [6, 6.07) is 0.483. The fourth-order valence-electron chi connectivity index (χ4n) is 4.01. The minimum absolute atomic E-state index is 0.0920. The molecule has 5 nitrogen and oxygen atoms in total. The Labute approximate surface area is 134 Å². The Kier molecular flexibility index (Phi) is 7.63. The Morgan fingerprint density at radius 1 is 1.23 bits per heavy atom. The molecule has 1 saturated heterocycles. The SMILES string of the molecule is COC(=O)CC1CC(NCC2CCCCC2)CN(CCN)C1. The number of nitrogens with two attached hydrogens (primary N) is 1. The molecule has 2 fully saturated rings. The van der Waals surface area contributed by atoms with Gasteiger partial charge in [0.1, 0.15) is 0 Å². The van der Waals surface area contributed by atoms with Gasteiger partial charge in [0, 0.05) is 38.6 Å². The molecule has 128 valence electrons. The lowest BCUT2D eigenvalue weighted by molar-refractivity contribution is -0.142. The molecule has 2 unspecified atom stereocenters. The van der Waals surface area contributed by atoms with Crippen molar-refractivity contribution in [3.63, 3.8) is 0 Å². The molecule has 1 saturated carbocycles. The highest BCUT2D eigenvalue weighted by atomic mass is 16.5. The van der Waals surface area contributed by atoms with Crippen molar-refractivity contribution in [3.8, 4) is 0 Å². The number of likely N-dealkylation sites (tertiary alicyclic amines) is 1. The number of methoxy groups -OCH3 is 1. The van der Waals surface area contributed by atoms with Gasteiger partial charge >= 0.3 is 5.97 Å². The van der Waals surface area contributed by atoms with Crippen molar-refractivity contribution in [2.45, 2.75) is 51.0 Å². The van der Waals surface area contributed by atoms with Gasteiger partial charge in [-0.3, -0.25) is 4.79 Å². The topological polar surface area (TPSA) is 67.6 Å². The van der Waals surface area contributed by atoms with Gasteiger partial charge in [0.25, 0.3) is 0 Å². The number of nitrogens with one attached hydrogen (secondary N) is 1. The zero-order valence-electron chi connectivity index (χ0n) is 14.1. The maximum atomic E-state index is 11.6. The molecular weight excluding hydrogens is 278 g/mol. The van der Waals surface area contributed by atoms with Gasteiger partial charge in [-0.25, -0.2) is 0 Å². The molecule has 0 radical (unpaired) electrons. The molecular formula is C17H33N3O2. The van der Waals surface area contributed by atoms with Gasteiger partial charge in [0.15, 0.2) is 0 Å². The van der Waals surface area contributed by atoms with Crippen molar-refractivity contribution >= 4 is 5.97 Å². The quantitative estimate of drug-likeness (QED) is 0.695. The van der Waals surface area contributed by atoms with Crippen LogP contribution in [0.5, 0.6) is 0 Å². The van der Waals surface area contributed by atoms with E-state index in [1.54, 1.807) is 0 Å². The van der Waals surface area contributed by atoms with E-state index in [1.165, 1.54) is 39.2 Å². The van der Waals surface area contributed by atoms with Gasteiger partial charge in [0.2, 0.25) is 0 Å². The first kappa shape index (κ1) is 17.7. The maximum absolute atomic E-state index is 11.6. The number of nitrogens with zero attached hydrogens (tertiary/aromatic N) is 1. The number of hydrogen-bond acceptors (Lipinski definition) is 5. The largest absolute Gasteiger partial charge is 0.469 e. The van der Waals surface area contributed by atoms with Gasteiger partial charge in [-0.05, 0) is 37.6 Å². The van der Waals surface area contributed by atoms with Crippen LogP contribution in [-0.2, 0) is 9.53 Å². The first-order valence-corrected chi connectivity index (χ1v) is 8.94. The van der Waals surface area contributed by atoms with Crippen molar-refractivity contribution < 1.29 is 9.53 Å². The first-order valence-electron chi connectivity index (χ1n) is 8.94. The number of piperidine rings is 1. The van der Waals surface area contributed by atoms with E-state index in [2.05, 4.69) is 10.2 Å². The van der Waals surface area contributed by atoms with Crippen LogP contribution in [-0.4, -0.2) is 56.7 Å². The maximum Gasteiger partial charge on any atom is 0.305 e. The summed E-state index contributed by atoms with van der Waals surface area (Å²) in [7, 11) is 1.47. The molecule has 3 N–H and O–H groups in total. The van der Waals surface area contributed by atoms with Crippen LogP contribution < -0.4 is 11.1 Å². The Bertz CT molecular complexity index is 332. The molecule has 0 spiro atoms. The van der Waals surface area contributed by atoms with E-state index in [-0.39, 0.29) is 5.97 Å². The van der Waals surface area contributed by atoms with E-state index < -0.39 is 0 Å². The fraction of sp³-hybridized carbons (Fsp3) is 0.941.